The second kappa shape index (κ2) is 4.79. The highest BCUT2D eigenvalue weighted by molar-refractivity contribution is 9.10. The molecule has 1 aromatic rings. The highest BCUT2D eigenvalue weighted by Crippen LogP contribution is 2.38. The minimum absolute atomic E-state index is 0.110. The van der Waals surface area contributed by atoms with Gasteiger partial charge in [0.1, 0.15) is 0 Å². The van der Waals surface area contributed by atoms with Crippen molar-refractivity contribution in [3.05, 3.63) is 34.3 Å². The lowest BCUT2D eigenvalue weighted by Gasteiger charge is -2.25. The number of carbonyl (C=O) groups excluding carboxylic acids is 1. The molecular formula is C12H11BrF3NO2. The van der Waals surface area contributed by atoms with Gasteiger partial charge in [0.25, 0.3) is 5.91 Å². The number of likely N-dealkylation sites (tertiary alicyclic amines) is 1. The molecule has 1 aliphatic heterocycles. The van der Waals surface area contributed by atoms with Crippen molar-refractivity contribution in [1.29, 1.82) is 0 Å². The fraction of sp³-hybridized carbons (Fsp3) is 0.417. The first-order valence-corrected chi connectivity index (χ1v) is 6.36. The Kier molecular flexibility index (Phi) is 3.61. The number of β-amino-alcohol motifs (C(OH)–C–C–N with tert-alkyl or cyclic N) is 1. The molecular weight excluding hydrogens is 327 g/mol. The van der Waals surface area contributed by atoms with Crippen LogP contribution in [0, 0.1) is 0 Å². The van der Waals surface area contributed by atoms with Crippen LogP contribution in [0.1, 0.15) is 16.8 Å². The molecule has 7 heteroatoms. The zero-order chi connectivity index (χ0) is 14.3. The summed E-state index contributed by atoms with van der Waals surface area (Å²) >= 11 is 3.19. The minimum Gasteiger partial charge on any atom is -0.379 e. The average Bonchev–Trinajstić information content (AvgIpc) is 2.72. The van der Waals surface area contributed by atoms with Crippen LogP contribution in [0.2, 0.25) is 0 Å². The van der Waals surface area contributed by atoms with E-state index in [9.17, 15) is 23.1 Å². The molecule has 1 heterocycles. The Hall–Kier alpha value is -1.08. The molecule has 2 rings (SSSR count). The van der Waals surface area contributed by atoms with Gasteiger partial charge in [-0.25, -0.2) is 0 Å². The van der Waals surface area contributed by atoms with Gasteiger partial charge in [0, 0.05) is 23.0 Å². The van der Waals surface area contributed by atoms with E-state index in [4.69, 9.17) is 0 Å². The number of amides is 1. The average molecular weight is 338 g/mol. The minimum atomic E-state index is -4.72. The maximum Gasteiger partial charge on any atom is 0.419 e. The first kappa shape index (κ1) is 14.3. The number of halogens is 4. The van der Waals surface area contributed by atoms with Crippen molar-refractivity contribution >= 4 is 21.8 Å². The second-order valence-electron chi connectivity index (χ2n) is 4.52. The first-order chi connectivity index (χ1) is 8.73. The number of alkyl halides is 3. The van der Waals surface area contributed by atoms with Crippen molar-refractivity contribution in [2.24, 2.45) is 0 Å². The third kappa shape index (κ3) is 2.76. The second-order valence-corrected chi connectivity index (χ2v) is 5.43. The van der Waals surface area contributed by atoms with E-state index in [0.717, 1.165) is 4.90 Å². The smallest absolute Gasteiger partial charge is 0.379 e. The van der Waals surface area contributed by atoms with E-state index in [1.54, 1.807) is 12.1 Å². The van der Waals surface area contributed by atoms with Crippen LogP contribution in [0.15, 0.2) is 28.7 Å². The molecule has 1 fully saturated rings. The lowest BCUT2D eigenvalue weighted by molar-refractivity contribution is -0.253. The lowest BCUT2D eigenvalue weighted by atomic mass is 10.0. The summed E-state index contributed by atoms with van der Waals surface area (Å²) in [6.45, 7) is -0.830. The van der Waals surface area contributed by atoms with E-state index >= 15 is 0 Å². The number of rotatable bonds is 1. The van der Waals surface area contributed by atoms with Gasteiger partial charge in [0.05, 0.1) is 6.54 Å². The van der Waals surface area contributed by atoms with Gasteiger partial charge < -0.3 is 10.0 Å². The lowest BCUT2D eigenvalue weighted by Crippen LogP contribution is -2.48. The number of hydrogen-bond acceptors (Lipinski definition) is 2. The molecule has 0 bridgehead atoms. The molecule has 0 aromatic heterocycles. The van der Waals surface area contributed by atoms with Gasteiger partial charge in [-0.2, -0.15) is 13.2 Å². The van der Waals surface area contributed by atoms with Gasteiger partial charge >= 0.3 is 6.18 Å². The van der Waals surface area contributed by atoms with E-state index in [0.29, 0.717) is 10.0 Å². The van der Waals surface area contributed by atoms with Crippen molar-refractivity contribution in [3.8, 4) is 0 Å². The molecule has 1 amide bonds. The zero-order valence-corrected chi connectivity index (χ0v) is 11.3. The third-order valence-corrected chi connectivity index (χ3v) is 3.63. The first-order valence-electron chi connectivity index (χ1n) is 5.57. The molecule has 1 aromatic carbocycles. The van der Waals surface area contributed by atoms with Crippen LogP contribution in [0.25, 0.3) is 0 Å². The summed E-state index contributed by atoms with van der Waals surface area (Å²) < 4.78 is 38.6. The van der Waals surface area contributed by atoms with Crippen LogP contribution in [0.3, 0.4) is 0 Å². The summed E-state index contributed by atoms with van der Waals surface area (Å²) in [5.74, 6) is -0.513. The Morgan fingerprint density at radius 3 is 2.63 bits per heavy atom. The van der Waals surface area contributed by atoms with E-state index in [-0.39, 0.29) is 6.54 Å². The van der Waals surface area contributed by atoms with E-state index in [2.05, 4.69) is 15.9 Å². The topological polar surface area (TPSA) is 40.5 Å². The van der Waals surface area contributed by atoms with Crippen LogP contribution in [-0.2, 0) is 0 Å². The summed E-state index contributed by atoms with van der Waals surface area (Å²) in [6.07, 6.45) is -5.21. The predicted molar refractivity (Wildman–Crippen MR) is 65.7 cm³/mol. The Balaban J connectivity index is 2.16. The van der Waals surface area contributed by atoms with Crippen LogP contribution < -0.4 is 0 Å². The van der Waals surface area contributed by atoms with E-state index in [1.807, 2.05) is 0 Å². The molecule has 0 radical (unpaired) electrons. The largest absolute Gasteiger partial charge is 0.419 e. The summed E-state index contributed by atoms with van der Waals surface area (Å²) in [5.41, 5.74) is -2.50. The predicted octanol–water partition coefficient (Wildman–Crippen LogP) is 2.59. The van der Waals surface area contributed by atoms with Gasteiger partial charge in [-0.05, 0) is 18.2 Å². The third-order valence-electron chi connectivity index (χ3n) is 3.13. The molecule has 1 unspecified atom stereocenters. The Morgan fingerprint density at radius 2 is 2.11 bits per heavy atom. The number of benzene rings is 1. The maximum absolute atomic E-state index is 12.7. The SMILES string of the molecule is O=C(c1cccc(Br)c1)N1CCC(O)(C(F)(F)F)C1. The van der Waals surface area contributed by atoms with Crippen LogP contribution in [-0.4, -0.2) is 40.8 Å². The van der Waals surface area contributed by atoms with Crippen LogP contribution in [0.5, 0.6) is 0 Å². The van der Waals surface area contributed by atoms with Gasteiger partial charge in [0.2, 0.25) is 0 Å². The van der Waals surface area contributed by atoms with E-state index < -0.39 is 30.7 Å². The number of hydrogen-bond donors (Lipinski definition) is 1. The van der Waals surface area contributed by atoms with Crippen LogP contribution >= 0.6 is 15.9 Å². The van der Waals surface area contributed by atoms with Crippen molar-refractivity contribution in [3.63, 3.8) is 0 Å². The molecule has 1 N–H and O–H groups in total. The summed E-state index contributed by atoms with van der Waals surface area (Å²) in [4.78, 5) is 13.1. The van der Waals surface area contributed by atoms with Crippen molar-refractivity contribution < 1.29 is 23.1 Å². The number of carbonyl (C=O) groups is 1. The molecule has 0 spiro atoms. The molecule has 1 saturated heterocycles. The normalized spacial score (nSPS) is 23.7. The number of nitrogens with zero attached hydrogens (tertiary/aromatic N) is 1. The van der Waals surface area contributed by atoms with Gasteiger partial charge in [0.15, 0.2) is 5.60 Å². The highest BCUT2D eigenvalue weighted by atomic mass is 79.9. The van der Waals surface area contributed by atoms with Crippen molar-refractivity contribution in [2.45, 2.75) is 18.2 Å². The molecule has 0 saturated carbocycles. The maximum atomic E-state index is 12.7. The summed E-state index contributed by atoms with van der Waals surface area (Å²) in [5, 5.41) is 9.52. The fourth-order valence-corrected chi connectivity index (χ4v) is 2.40. The van der Waals surface area contributed by atoms with Crippen molar-refractivity contribution in [1.82, 2.24) is 4.90 Å². The molecule has 3 nitrogen and oxygen atoms in total. The molecule has 104 valence electrons. The standard InChI is InChI=1S/C12H11BrF3NO2/c13-9-3-1-2-8(6-9)10(18)17-5-4-11(19,7-17)12(14,15)16/h1-3,6,19H,4-5,7H2. The van der Waals surface area contributed by atoms with Gasteiger partial charge in [-0.15, -0.1) is 0 Å². The van der Waals surface area contributed by atoms with E-state index in [1.165, 1.54) is 12.1 Å². The molecule has 19 heavy (non-hydrogen) atoms. The van der Waals surface area contributed by atoms with Gasteiger partial charge in [-0.3, -0.25) is 4.79 Å². The molecule has 1 atom stereocenters. The summed E-state index contributed by atoms with van der Waals surface area (Å²) in [6, 6.07) is 6.40. The Labute approximate surface area is 116 Å². The fourth-order valence-electron chi connectivity index (χ4n) is 2.00. The zero-order valence-electron chi connectivity index (χ0n) is 9.75. The quantitative estimate of drug-likeness (QED) is 0.855. The van der Waals surface area contributed by atoms with Gasteiger partial charge in [-0.1, -0.05) is 22.0 Å². The van der Waals surface area contributed by atoms with Crippen molar-refractivity contribution in [2.75, 3.05) is 13.1 Å². The Morgan fingerprint density at radius 1 is 1.42 bits per heavy atom. The van der Waals surface area contributed by atoms with Crippen LogP contribution in [0.4, 0.5) is 13.2 Å². The molecule has 0 aliphatic carbocycles. The monoisotopic (exact) mass is 337 g/mol. The number of aliphatic hydroxyl groups is 1. The summed E-state index contributed by atoms with van der Waals surface area (Å²) in [7, 11) is 0. The Bertz CT molecular complexity index is 506. The highest BCUT2D eigenvalue weighted by Gasteiger charge is 2.57. The molecule has 1 aliphatic rings.